The van der Waals surface area contributed by atoms with Crippen LogP contribution in [0, 0.1) is 10.1 Å². The maximum atomic E-state index is 12.2. The summed E-state index contributed by atoms with van der Waals surface area (Å²) in [5.74, 6) is -0.321. The van der Waals surface area contributed by atoms with Crippen molar-refractivity contribution in [2.75, 3.05) is 36.5 Å². The first-order chi connectivity index (χ1) is 12.8. The van der Waals surface area contributed by atoms with Crippen molar-refractivity contribution in [2.45, 2.75) is 6.36 Å². The normalized spacial score (nSPS) is 14.7. The standard InChI is InChI=1S/C15H14F3N5O4/c16-15(17,18)27-11-3-1-10(2-4-11)21-13-12(23(24)25)14(20-9-19-13)22-5-7-26-8-6-22/h1-4,9H,5-8H2,(H,19,20,21). The second-order valence-corrected chi connectivity index (χ2v) is 5.45. The van der Waals surface area contributed by atoms with Gasteiger partial charge in [0.1, 0.15) is 12.1 Å². The average Bonchev–Trinajstić information content (AvgIpc) is 2.62. The molecule has 1 N–H and O–H groups in total. The molecule has 1 aromatic heterocycles. The van der Waals surface area contributed by atoms with Gasteiger partial charge in [0, 0.05) is 18.8 Å². The number of rotatable bonds is 5. The first-order valence-corrected chi connectivity index (χ1v) is 7.78. The van der Waals surface area contributed by atoms with Crippen molar-refractivity contribution in [2.24, 2.45) is 0 Å². The van der Waals surface area contributed by atoms with Gasteiger partial charge in [0.15, 0.2) is 0 Å². The van der Waals surface area contributed by atoms with E-state index in [1.807, 2.05) is 0 Å². The molecule has 2 heterocycles. The molecule has 2 aromatic rings. The van der Waals surface area contributed by atoms with Gasteiger partial charge in [-0.05, 0) is 24.3 Å². The molecule has 0 radical (unpaired) electrons. The molecule has 9 nitrogen and oxygen atoms in total. The van der Waals surface area contributed by atoms with E-state index in [4.69, 9.17) is 4.74 Å². The molecule has 0 amide bonds. The van der Waals surface area contributed by atoms with Crippen LogP contribution in [-0.4, -0.2) is 47.6 Å². The van der Waals surface area contributed by atoms with Crippen LogP contribution >= 0.6 is 0 Å². The number of anilines is 3. The van der Waals surface area contributed by atoms with Crippen LogP contribution in [-0.2, 0) is 4.74 Å². The number of nitrogens with one attached hydrogen (secondary N) is 1. The van der Waals surface area contributed by atoms with Crippen LogP contribution in [0.1, 0.15) is 0 Å². The average molecular weight is 385 g/mol. The molecule has 0 saturated carbocycles. The molecule has 27 heavy (non-hydrogen) atoms. The lowest BCUT2D eigenvalue weighted by atomic mass is 10.3. The highest BCUT2D eigenvalue weighted by atomic mass is 19.4. The molecular weight excluding hydrogens is 371 g/mol. The quantitative estimate of drug-likeness (QED) is 0.619. The number of halogens is 3. The van der Waals surface area contributed by atoms with Crippen LogP contribution in [0.25, 0.3) is 0 Å². The van der Waals surface area contributed by atoms with E-state index >= 15 is 0 Å². The molecule has 0 bridgehead atoms. The molecular formula is C15H14F3N5O4. The SMILES string of the molecule is O=[N+]([O-])c1c(Nc2ccc(OC(F)(F)F)cc2)ncnc1N1CCOCC1. The van der Waals surface area contributed by atoms with Gasteiger partial charge >= 0.3 is 12.0 Å². The van der Waals surface area contributed by atoms with Crippen molar-refractivity contribution in [3.8, 4) is 5.75 Å². The Bertz CT molecular complexity index is 810. The highest BCUT2D eigenvalue weighted by Crippen LogP contribution is 2.34. The maximum Gasteiger partial charge on any atom is 0.573 e. The summed E-state index contributed by atoms with van der Waals surface area (Å²) in [4.78, 5) is 20.6. The van der Waals surface area contributed by atoms with Crippen LogP contribution in [0.15, 0.2) is 30.6 Å². The number of morpholine rings is 1. The summed E-state index contributed by atoms with van der Waals surface area (Å²) in [5.41, 5.74) is -0.0192. The molecule has 1 aliphatic rings. The second-order valence-electron chi connectivity index (χ2n) is 5.45. The molecule has 1 fully saturated rings. The summed E-state index contributed by atoms with van der Waals surface area (Å²) in [6.07, 6.45) is -3.62. The summed E-state index contributed by atoms with van der Waals surface area (Å²) in [6, 6.07) is 4.76. The Labute approximate surface area is 150 Å². The van der Waals surface area contributed by atoms with Gasteiger partial charge in [0.05, 0.1) is 18.1 Å². The predicted octanol–water partition coefficient (Wildman–Crippen LogP) is 2.86. The van der Waals surface area contributed by atoms with Gasteiger partial charge in [-0.15, -0.1) is 13.2 Å². The number of nitro groups is 1. The van der Waals surface area contributed by atoms with Crippen LogP contribution in [0.3, 0.4) is 0 Å². The zero-order valence-corrected chi connectivity index (χ0v) is 13.8. The summed E-state index contributed by atoms with van der Waals surface area (Å²) in [7, 11) is 0. The van der Waals surface area contributed by atoms with Gasteiger partial charge in [0.25, 0.3) is 0 Å². The van der Waals surface area contributed by atoms with E-state index in [2.05, 4.69) is 20.0 Å². The van der Waals surface area contributed by atoms with E-state index in [-0.39, 0.29) is 17.3 Å². The Morgan fingerprint density at radius 1 is 1.19 bits per heavy atom. The fourth-order valence-electron chi connectivity index (χ4n) is 2.51. The lowest BCUT2D eigenvalue weighted by molar-refractivity contribution is -0.383. The molecule has 1 aromatic carbocycles. The van der Waals surface area contributed by atoms with E-state index < -0.39 is 17.0 Å². The Morgan fingerprint density at radius 3 is 2.44 bits per heavy atom. The number of benzene rings is 1. The van der Waals surface area contributed by atoms with E-state index in [1.54, 1.807) is 4.90 Å². The zero-order chi connectivity index (χ0) is 19.4. The van der Waals surface area contributed by atoms with Crippen molar-refractivity contribution in [1.82, 2.24) is 9.97 Å². The van der Waals surface area contributed by atoms with E-state index in [9.17, 15) is 23.3 Å². The van der Waals surface area contributed by atoms with Crippen LogP contribution in [0.5, 0.6) is 5.75 Å². The van der Waals surface area contributed by atoms with Crippen LogP contribution in [0.4, 0.5) is 36.2 Å². The largest absolute Gasteiger partial charge is 0.573 e. The highest BCUT2D eigenvalue weighted by Gasteiger charge is 2.31. The minimum Gasteiger partial charge on any atom is -0.406 e. The summed E-state index contributed by atoms with van der Waals surface area (Å²) in [5, 5.41) is 14.3. The molecule has 0 unspecified atom stereocenters. The minimum absolute atomic E-state index is 0.0685. The Morgan fingerprint density at radius 2 is 1.85 bits per heavy atom. The topological polar surface area (TPSA) is 103 Å². The minimum atomic E-state index is -4.80. The van der Waals surface area contributed by atoms with Crippen molar-refractivity contribution in [3.63, 3.8) is 0 Å². The number of aromatic nitrogens is 2. The number of alkyl halides is 3. The third-order valence-electron chi connectivity index (χ3n) is 3.65. The van der Waals surface area contributed by atoms with E-state index in [0.717, 1.165) is 12.1 Å². The highest BCUT2D eigenvalue weighted by molar-refractivity contribution is 5.74. The van der Waals surface area contributed by atoms with Gasteiger partial charge in [-0.25, -0.2) is 9.97 Å². The fourth-order valence-corrected chi connectivity index (χ4v) is 2.51. The van der Waals surface area contributed by atoms with Gasteiger partial charge in [-0.1, -0.05) is 0 Å². The van der Waals surface area contributed by atoms with Gasteiger partial charge < -0.3 is 19.7 Å². The molecule has 0 spiro atoms. The lowest BCUT2D eigenvalue weighted by Crippen LogP contribution is -2.37. The molecule has 12 heteroatoms. The number of nitrogens with zero attached hydrogens (tertiary/aromatic N) is 4. The Hall–Kier alpha value is -3.15. The molecule has 144 valence electrons. The third-order valence-corrected chi connectivity index (χ3v) is 3.65. The smallest absolute Gasteiger partial charge is 0.406 e. The lowest BCUT2D eigenvalue weighted by Gasteiger charge is -2.27. The summed E-state index contributed by atoms with van der Waals surface area (Å²) in [6.45, 7) is 1.73. The molecule has 1 aliphatic heterocycles. The first-order valence-electron chi connectivity index (χ1n) is 7.78. The van der Waals surface area contributed by atoms with Crippen molar-refractivity contribution in [3.05, 3.63) is 40.7 Å². The number of hydrogen-bond donors (Lipinski definition) is 1. The van der Waals surface area contributed by atoms with Crippen molar-refractivity contribution >= 4 is 23.0 Å². The van der Waals surface area contributed by atoms with Crippen molar-refractivity contribution in [1.29, 1.82) is 0 Å². The van der Waals surface area contributed by atoms with Gasteiger partial charge in [0.2, 0.25) is 11.6 Å². The number of ether oxygens (including phenoxy) is 2. The molecule has 0 aliphatic carbocycles. The molecule has 1 saturated heterocycles. The molecule has 3 rings (SSSR count). The van der Waals surface area contributed by atoms with Gasteiger partial charge in [-0.2, -0.15) is 0 Å². The molecule has 0 atom stereocenters. The zero-order valence-electron chi connectivity index (χ0n) is 13.8. The van der Waals surface area contributed by atoms with E-state index in [1.165, 1.54) is 18.5 Å². The van der Waals surface area contributed by atoms with E-state index in [0.29, 0.717) is 32.0 Å². The number of hydrogen-bond acceptors (Lipinski definition) is 8. The monoisotopic (exact) mass is 385 g/mol. The summed E-state index contributed by atoms with van der Waals surface area (Å²) < 4.78 is 45.6. The van der Waals surface area contributed by atoms with Crippen LogP contribution < -0.4 is 15.0 Å². The predicted molar refractivity (Wildman–Crippen MR) is 88.1 cm³/mol. The second kappa shape index (κ2) is 7.61. The van der Waals surface area contributed by atoms with Crippen molar-refractivity contribution < 1.29 is 27.6 Å². The Balaban J connectivity index is 1.85. The first kappa shape index (κ1) is 18.6. The Kier molecular flexibility index (Phi) is 5.26. The summed E-state index contributed by atoms with van der Waals surface area (Å²) >= 11 is 0. The fraction of sp³-hybridized carbons (Fsp3) is 0.333. The van der Waals surface area contributed by atoms with Crippen LogP contribution in [0.2, 0.25) is 0 Å². The maximum absolute atomic E-state index is 12.2. The third kappa shape index (κ3) is 4.73. The van der Waals surface area contributed by atoms with Gasteiger partial charge in [-0.3, -0.25) is 10.1 Å².